The van der Waals surface area contributed by atoms with Crippen LogP contribution in [-0.2, 0) is 6.54 Å². The first kappa shape index (κ1) is 21.7. The number of H-pyrrole nitrogens is 1. The van der Waals surface area contributed by atoms with Crippen molar-refractivity contribution in [2.75, 3.05) is 6.54 Å². The van der Waals surface area contributed by atoms with Crippen LogP contribution in [0.3, 0.4) is 0 Å². The molecule has 0 bridgehead atoms. The minimum Gasteiger partial charge on any atom is -0.345 e. The highest BCUT2D eigenvalue weighted by Gasteiger charge is 2.12. The topological polar surface area (TPSA) is 40.7 Å². The largest absolute Gasteiger partial charge is 0.345 e. The minimum atomic E-state index is -0.234. The maximum Gasteiger partial charge on any atom is 0.133 e. The zero-order chi connectivity index (χ0) is 17.1. The average molecular weight is 410 g/mol. The van der Waals surface area contributed by atoms with Crippen molar-refractivity contribution in [3.8, 4) is 11.1 Å². The minimum absolute atomic E-state index is 0. The molecular weight excluding hydrogens is 384 g/mol. The molecule has 1 fully saturated rings. The molecule has 6 heteroatoms. The van der Waals surface area contributed by atoms with Gasteiger partial charge >= 0.3 is 0 Å². The van der Waals surface area contributed by atoms with Crippen molar-refractivity contribution in [1.29, 1.82) is 0 Å². The van der Waals surface area contributed by atoms with Crippen LogP contribution in [0.25, 0.3) is 22.2 Å². The normalized spacial score (nSPS) is 14.6. The number of aromatic nitrogens is 2. The van der Waals surface area contributed by atoms with Crippen molar-refractivity contribution >= 4 is 35.8 Å². The van der Waals surface area contributed by atoms with Crippen LogP contribution in [0.4, 0.5) is 4.39 Å². The Bertz CT molecular complexity index is 842. The Labute approximate surface area is 172 Å². The summed E-state index contributed by atoms with van der Waals surface area (Å²) in [5.41, 5.74) is 4.26. The summed E-state index contributed by atoms with van der Waals surface area (Å²) in [6, 6.07) is 11.5. The molecule has 27 heavy (non-hydrogen) atoms. The molecule has 0 saturated heterocycles. The Morgan fingerprint density at radius 1 is 1.04 bits per heavy atom. The first-order valence-corrected chi connectivity index (χ1v) is 9.22. The van der Waals surface area contributed by atoms with Crippen LogP contribution in [0.1, 0.15) is 37.7 Å². The number of nitrogens with one attached hydrogen (secondary N) is 2. The van der Waals surface area contributed by atoms with Gasteiger partial charge in [-0.25, -0.2) is 9.37 Å². The van der Waals surface area contributed by atoms with Crippen molar-refractivity contribution in [2.24, 2.45) is 5.92 Å². The van der Waals surface area contributed by atoms with Crippen LogP contribution in [0.15, 0.2) is 42.7 Å². The smallest absolute Gasteiger partial charge is 0.133 e. The van der Waals surface area contributed by atoms with Gasteiger partial charge in [0.2, 0.25) is 0 Å². The SMILES string of the molecule is Cl.Cl.Fc1cc2nc[nH]c2cc1-c1ccc(CNCC2CCCCC2)cc1. The van der Waals surface area contributed by atoms with Crippen LogP contribution in [-0.4, -0.2) is 16.5 Å². The molecule has 1 aromatic heterocycles. The van der Waals surface area contributed by atoms with Gasteiger partial charge in [-0.05, 0) is 42.5 Å². The van der Waals surface area contributed by atoms with Crippen molar-refractivity contribution in [2.45, 2.75) is 38.6 Å². The number of halogens is 3. The van der Waals surface area contributed by atoms with E-state index in [1.165, 1.54) is 43.7 Å². The Morgan fingerprint density at radius 2 is 1.78 bits per heavy atom. The van der Waals surface area contributed by atoms with E-state index >= 15 is 0 Å². The fourth-order valence-electron chi connectivity index (χ4n) is 3.79. The standard InChI is InChI=1S/C21H24FN3.2ClH/c22-19-11-21-20(24-14-25-21)10-18(19)17-8-6-16(7-9-17)13-23-12-15-4-2-1-3-5-15;;/h6-11,14-15,23H,1-5,12-13H2,(H,24,25);2*1H. The molecule has 2 aromatic carbocycles. The first-order chi connectivity index (χ1) is 12.3. The summed E-state index contributed by atoms with van der Waals surface area (Å²) in [6.07, 6.45) is 8.48. The van der Waals surface area contributed by atoms with E-state index < -0.39 is 0 Å². The third-order valence-electron chi connectivity index (χ3n) is 5.26. The van der Waals surface area contributed by atoms with Gasteiger partial charge in [0.25, 0.3) is 0 Å². The number of rotatable bonds is 5. The van der Waals surface area contributed by atoms with E-state index in [9.17, 15) is 4.39 Å². The molecule has 1 aliphatic carbocycles. The van der Waals surface area contributed by atoms with Crippen LogP contribution in [0.5, 0.6) is 0 Å². The van der Waals surface area contributed by atoms with Crippen LogP contribution in [0, 0.1) is 11.7 Å². The van der Waals surface area contributed by atoms with E-state index in [1.54, 1.807) is 6.33 Å². The van der Waals surface area contributed by atoms with Crippen LogP contribution < -0.4 is 5.32 Å². The Balaban J connectivity index is 0.00000131. The highest BCUT2D eigenvalue weighted by Crippen LogP contribution is 2.27. The Morgan fingerprint density at radius 3 is 2.52 bits per heavy atom. The summed E-state index contributed by atoms with van der Waals surface area (Å²) >= 11 is 0. The summed E-state index contributed by atoms with van der Waals surface area (Å²) < 4.78 is 14.3. The van der Waals surface area contributed by atoms with Gasteiger partial charge in [0.1, 0.15) is 5.82 Å². The molecule has 4 rings (SSSR count). The molecule has 0 unspecified atom stereocenters. The fourth-order valence-corrected chi connectivity index (χ4v) is 3.79. The highest BCUT2D eigenvalue weighted by molar-refractivity contribution is 5.85. The van der Waals surface area contributed by atoms with Gasteiger partial charge in [-0.3, -0.25) is 0 Å². The quantitative estimate of drug-likeness (QED) is 0.551. The third kappa shape index (κ3) is 5.22. The average Bonchev–Trinajstić information content (AvgIpc) is 3.10. The van der Waals surface area contributed by atoms with E-state index in [-0.39, 0.29) is 30.6 Å². The fraction of sp³-hybridized carbons (Fsp3) is 0.381. The van der Waals surface area contributed by atoms with Gasteiger partial charge in [0.05, 0.1) is 17.4 Å². The maximum atomic E-state index is 14.3. The van der Waals surface area contributed by atoms with E-state index in [0.717, 1.165) is 30.1 Å². The number of nitrogens with zero attached hydrogens (tertiary/aromatic N) is 1. The number of hydrogen-bond donors (Lipinski definition) is 2. The molecule has 3 nitrogen and oxygen atoms in total. The van der Waals surface area contributed by atoms with Gasteiger partial charge in [0.15, 0.2) is 0 Å². The molecule has 1 saturated carbocycles. The van der Waals surface area contributed by atoms with Crippen LogP contribution in [0.2, 0.25) is 0 Å². The van der Waals surface area contributed by atoms with Crippen molar-refractivity contribution in [3.63, 3.8) is 0 Å². The zero-order valence-corrected chi connectivity index (χ0v) is 16.8. The van der Waals surface area contributed by atoms with Gasteiger partial charge < -0.3 is 10.3 Å². The number of fused-ring (bicyclic) bond motifs is 1. The van der Waals surface area contributed by atoms with E-state index in [1.807, 2.05) is 18.2 Å². The summed E-state index contributed by atoms with van der Waals surface area (Å²) in [5.74, 6) is 0.603. The Hall–Kier alpha value is -1.62. The zero-order valence-electron chi connectivity index (χ0n) is 15.2. The van der Waals surface area contributed by atoms with E-state index in [0.29, 0.717) is 11.1 Å². The lowest BCUT2D eigenvalue weighted by Crippen LogP contribution is -2.24. The molecule has 1 heterocycles. The predicted molar refractivity (Wildman–Crippen MR) is 114 cm³/mol. The summed E-state index contributed by atoms with van der Waals surface area (Å²) in [6.45, 7) is 1.98. The van der Waals surface area contributed by atoms with Crippen LogP contribution >= 0.6 is 24.8 Å². The molecule has 0 amide bonds. The molecule has 0 aliphatic heterocycles. The number of aromatic amines is 1. The van der Waals surface area contributed by atoms with E-state index in [4.69, 9.17) is 0 Å². The molecule has 3 aromatic rings. The summed E-state index contributed by atoms with van der Waals surface area (Å²) in [7, 11) is 0. The lowest BCUT2D eigenvalue weighted by Gasteiger charge is -2.21. The van der Waals surface area contributed by atoms with Crippen molar-refractivity contribution in [1.82, 2.24) is 15.3 Å². The van der Waals surface area contributed by atoms with Gasteiger partial charge in [-0.1, -0.05) is 43.5 Å². The second kappa shape index (κ2) is 10.1. The summed E-state index contributed by atoms with van der Waals surface area (Å²) in [4.78, 5) is 7.14. The second-order valence-electron chi connectivity index (χ2n) is 7.08. The van der Waals surface area contributed by atoms with E-state index in [2.05, 4.69) is 27.4 Å². The first-order valence-electron chi connectivity index (χ1n) is 9.22. The molecule has 0 radical (unpaired) electrons. The molecule has 0 atom stereocenters. The molecule has 0 spiro atoms. The Kier molecular flexibility index (Phi) is 8.08. The highest BCUT2D eigenvalue weighted by atomic mass is 35.5. The van der Waals surface area contributed by atoms with Crippen molar-refractivity contribution < 1.29 is 4.39 Å². The molecule has 1 aliphatic rings. The lowest BCUT2D eigenvalue weighted by molar-refractivity contribution is 0.342. The van der Waals surface area contributed by atoms with Gasteiger partial charge in [-0.2, -0.15) is 0 Å². The lowest BCUT2D eigenvalue weighted by atomic mass is 9.89. The second-order valence-corrected chi connectivity index (χ2v) is 7.08. The van der Waals surface area contributed by atoms with Crippen molar-refractivity contribution in [3.05, 3.63) is 54.1 Å². The van der Waals surface area contributed by atoms with Gasteiger partial charge in [-0.15, -0.1) is 24.8 Å². The number of benzene rings is 2. The van der Waals surface area contributed by atoms with Gasteiger partial charge in [0, 0.05) is 18.2 Å². The molecule has 146 valence electrons. The monoisotopic (exact) mass is 409 g/mol. The molecular formula is C21H26Cl2FN3. The number of hydrogen-bond acceptors (Lipinski definition) is 2. The molecule has 2 N–H and O–H groups in total. The predicted octanol–water partition coefficient (Wildman–Crippen LogP) is 5.88. The summed E-state index contributed by atoms with van der Waals surface area (Å²) in [5, 5.41) is 3.58. The maximum absolute atomic E-state index is 14.3. The number of imidazole rings is 1. The third-order valence-corrected chi connectivity index (χ3v) is 5.26.